The van der Waals surface area contributed by atoms with Crippen LogP contribution >= 0.6 is 0 Å². The Morgan fingerprint density at radius 1 is 1.45 bits per heavy atom. The Labute approximate surface area is 114 Å². The summed E-state index contributed by atoms with van der Waals surface area (Å²) in [6, 6.07) is 0. The van der Waals surface area contributed by atoms with Crippen LogP contribution in [0.4, 0.5) is 5.82 Å². The van der Waals surface area contributed by atoms with Gasteiger partial charge in [-0.1, -0.05) is 0 Å². The summed E-state index contributed by atoms with van der Waals surface area (Å²) >= 11 is 0. The van der Waals surface area contributed by atoms with Crippen LogP contribution in [0.15, 0.2) is 12.4 Å². The molecule has 2 amide bonds. The third kappa shape index (κ3) is 2.73. The number of likely N-dealkylation sites (tertiary alicyclic amines) is 1. The first-order valence-corrected chi connectivity index (χ1v) is 6.15. The fourth-order valence-corrected chi connectivity index (χ4v) is 2.06. The SMILES string of the molecule is CCN1CC(C(=O)Nc2nccnc2C(=O)O)CC1=O. The third-order valence-electron chi connectivity index (χ3n) is 3.11. The summed E-state index contributed by atoms with van der Waals surface area (Å²) in [5, 5.41) is 11.4. The molecule has 1 aliphatic rings. The van der Waals surface area contributed by atoms with Gasteiger partial charge in [-0.05, 0) is 6.92 Å². The number of hydrogen-bond donors (Lipinski definition) is 2. The molecule has 8 nitrogen and oxygen atoms in total. The maximum Gasteiger partial charge on any atom is 0.358 e. The summed E-state index contributed by atoms with van der Waals surface area (Å²) in [6.07, 6.45) is 2.65. The largest absolute Gasteiger partial charge is 0.476 e. The van der Waals surface area contributed by atoms with Gasteiger partial charge in [-0.2, -0.15) is 0 Å². The second-order valence-electron chi connectivity index (χ2n) is 4.38. The Morgan fingerprint density at radius 2 is 2.15 bits per heavy atom. The zero-order valence-electron chi connectivity index (χ0n) is 10.9. The van der Waals surface area contributed by atoms with Gasteiger partial charge in [0.15, 0.2) is 11.5 Å². The Morgan fingerprint density at radius 3 is 2.75 bits per heavy atom. The zero-order chi connectivity index (χ0) is 14.7. The summed E-state index contributed by atoms with van der Waals surface area (Å²) in [6.45, 7) is 2.72. The van der Waals surface area contributed by atoms with Gasteiger partial charge >= 0.3 is 5.97 Å². The van der Waals surface area contributed by atoms with Gasteiger partial charge in [0.2, 0.25) is 11.8 Å². The minimum atomic E-state index is -1.27. The van der Waals surface area contributed by atoms with E-state index in [1.54, 1.807) is 4.90 Å². The van der Waals surface area contributed by atoms with Crippen LogP contribution in [0, 0.1) is 5.92 Å². The highest BCUT2D eigenvalue weighted by Gasteiger charge is 2.34. The first-order chi connectivity index (χ1) is 9.52. The van der Waals surface area contributed by atoms with Crippen molar-refractivity contribution in [1.29, 1.82) is 0 Å². The molecule has 1 saturated heterocycles. The number of nitrogens with one attached hydrogen (secondary N) is 1. The topological polar surface area (TPSA) is 112 Å². The first-order valence-electron chi connectivity index (χ1n) is 6.15. The molecule has 0 bridgehead atoms. The molecule has 1 aromatic rings. The van der Waals surface area contributed by atoms with Gasteiger partial charge in [-0.3, -0.25) is 9.59 Å². The predicted molar refractivity (Wildman–Crippen MR) is 68.0 cm³/mol. The van der Waals surface area contributed by atoms with Crippen LogP contribution in [0.3, 0.4) is 0 Å². The van der Waals surface area contributed by atoms with E-state index in [1.165, 1.54) is 12.4 Å². The highest BCUT2D eigenvalue weighted by atomic mass is 16.4. The minimum Gasteiger partial charge on any atom is -0.476 e. The van der Waals surface area contributed by atoms with Crippen LogP contribution in [0.25, 0.3) is 0 Å². The number of aromatic carboxylic acids is 1. The van der Waals surface area contributed by atoms with Crippen molar-refractivity contribution in [1.82, 2.24) is 14.9 Å². The number of hydrogen-bond acceptors (Lipinski definition) is 5. The standard InChI is InChI=1S/C12H14N4O4/c1-2-16-6-7(5-8(16)17)11(18)15-10-9(12(19)20)13-3-4-14-10/h3-4,7H,2,5-6H2,1H3,(H,19,20)(H,14,15,18). The average molecular weight is 278 g/mol. The van der Waals surface area contributed by atoms with E-state index < -0.39 is 17.8 Å². The molecule has 0 saturated carbocycles. The van der Waals surface area contributed by atoms with Gasteiger partial charge in [0.05, 0.1) is 5.92 Å². The van der Waals surface area contributed by atoms with Gasteiger partial charge in [0.25, 0.3) is 0 Å². The molecular weight excluding hydrogens is 264 g/mol. The second kappa shape index (κ2) is 5.64. The Bertz CT molecular complexity index is 560. The quantitative estimate of drug-likeness (QED) is 0.800. The lowest BCUT2D eigenvalue weighted by Gasteiger charge is -2.13. The Balaban J connectivity index is 2.10. The van der Waals surface area contributed by atoms with Crippen LogP contribution in [0.1, 0.15) is 23.8 Å². The molecule has 2 rings (SSSR count). The third-order valence-corrected chi connectivity index (χ3v) is 3.11. The smallest absolute Gasteiger partial charge is 0.358 e. The average Bonchev–Trinajstić information content (AvgIpc) is 2.80. The van der Waals surface area contributed by atoms with Crippen LogP contribution in [0.2, 0.25) is 0 Å². The monoisotopic (exact) mass is 278 g/mol. The molecule has 2 N–H and O–H groups in total. The molecule has 1 atom stereocenters. The molecule has 20 heavy (non-hydrogen) atoms. The number of carbonyl (C=O) groups excluding carboxylic acids is 2. The summed E-state index contributed by atoms with van der Waals surface area (Å²) in [5.74, 6) is -2.37. The lowest BCUT2D eigenvalue weighted by Crippen LogP contribution is -2.28. The van der Waals surface area contributed by atoms with E-state index in [2.05, 4.69) is 15.3 Å². The number of nitrogens with zero attached hydrogens (tertiary/aromatic N) is 3. The molecule has 106 valence electrons. The summed E-state index contributed by atoms with van der Waals surface area (Å²) < 4.78 is 0. The molecule has 0 radical (unpaired) electrons. The van der Waals surface area contributed by atoms with E-state index in [4.69, 9.17) is 5.11 Å². The van der Waals surface area contributed by atoms with Gasteiger partial charge in [0.1, 0.15) is 0 Å². The van der Waals surface area contributed by atoms with Crippen LogP contribution in [-0.2, 0) is 9.59 Å². The molecule has 1 fully saturated rings. The van der Waals surface area contributed by atoms with Crippen molar-refractivity contribution in [3.63, 3.8) is 0 Å². The number of anilines is 1. The normalized spacial score (nSPS) is 18.1. The lowest BCUT2D eigenvalue weighted by atomic mass is 10.1. The molecule has 0 aliphatic carbocycles. The zero-order valence-corrected chi connectivity index (χ0v) is 10.9. The highest BCUT2D eigenvalue weighted by Crippen LogP contribution is 2.19. The highest BCUT2D eigenvalue weighted by molar-refractivity contribution is 6.00. The van der Waals surface area contributed by atoms with E-state index >= 15 is 0 Å². The van der Waals surface area contributed by atoms with Crippen molar-refractivity contribution in [3.05, 3.63) is 18.1 Å². The maximum absolute atomic E-state index is 12.0. The van der Waals surface area contributed by atoms with Crippen LogP contribution in [-0.4, -0.2) is 50.8 Å². The van der Waals surface area contributed by atoms with Gasteiger partial charge in [-0.25, -0.2) is 14.8 Å². The lowest BCUT2D eigenvalue weighted by molar-refractivity contribution is -0.128. The van der Waals surface area contributed by atoms with Crippen molar-refractivity contribution in [2.75, 3.05) is 18.4 Å². The fraction of sp³-hybridized carbons (Fsp3) is 0.417. The van der Waals surface area contributed by atoms with Crippen LogP contribution in [0.5, 0.6) is 0 Å². The number of carboxylic acids is 1. The minimum absolute atomic E-state index is 0.0785. The maximum atomic E-state index is 12.0. The van der Waals surface area contributed by atoms with E-state index in [0.29, 0.717) is 13.1 Å². The fourth-order valence-electron chi connectivity index (χ4n) is 2.06. The Hall–Kier alpha value is -2.51. The van der Waals surface area contributed by atoms with Crippen molar-refractivity contribution in [2.24, 2.45) is 5.92 Å². The molecule has 2 heterocycles. The van der Waals surface area contributed by atoms with E-state index in [1.807, 2.05) is 6.92 Å². The summed E-state index contributed by atoms with van der Waals surface area (Å²) in [4.78, 5) is 43.6. The molecule has 1 aromatic heterocycles. The number of carboxylic acid groups (broad SMARTS) is 1. The summed E-state index contributed by atoms with van der Waals surface area (Å²) in [5.41, 5.74) is -0.322. The summed E-state index contributed by atoms with van der Waals surface area (Å²) in [7, 11) is 0. The van der Waals surface area contributed by atoms with E-state index in [0.717, 1.165) is 0 Å². The number of aromatic nitrogens is 2. The van der Waals surface area contributed by atoms with Crippen molar-refractivity contribution < 1.29 is 19.5 Å². The van der Waals surface area contributed by atoms with Crippen molar-refractivity contribution in [3.8, 4) is 0 Å². The van der Waals surface area contributed by atoms with Gasteiger partial charge in [-0.15, -0.1) is 0 Å². The molecule has 0 spiro atoms. The number of carbonyl (C=O) groups is 3. The Kier molecular flexibility index (Phi) is 3.92. The van der Waals surface area contributed by atoms with Crippen LogP contribution < -0.4 is 5.32 Å². The molecule has 1 aliphatic heterocycles. The van der Waals surface area contributed by atoms with Crippen molar-refractivity contribution in [2.45, 2.75) is 13.3 Å². The first kappa shape index (κ1) is 13.9. The number of rotatable bonds is 4. The van der Waals surface area contributed by atoms with Gasteiger partial charge in [0, 0.05) is 31.9 Å². The molecule has 1 unspecified atom stereocenters. The number of amides is 2. The second-order valence-corrected chi connectivity index (χ2v) is 4.38. The predicted octanol–water partition coefficient (Wildman–Crippen LogP) is -0.0183. The molecule has 0 aromatic carbocycles. The van der Waals surface area contributed by atoms with Gasteiger partial charge < -0.3 is 15.3 Å². The van der Waals surface area contributed by atoms with E-state index in [9.17, 15) is 14.4 Å². The molecular formula is C12H14N4O4. The van der Waals surface area contributed by atoms with E-state index in [-0.39, 0.29) is 23.8 Å². The van der Waals surface area contributed by atoms with Crippen molar-refractivity contribution >= 4 is 23.6 Å². The molecule has 8 heteroatoms.